The number of imidazole rings is 1. The van der Waals surface area contributed by atoms with E-state index in [1.54, 1.807) is 12.4 Å². The fraction of sp³-hybridized carbons (Fsp3) is 0.348. The lowest BCUT2D eigenvalue weighted by atomic mass is 9.83. The number of carbonyl (C=O) groups is 1. The van der Waals surface area contributed by atoms with Gasteiger partial charge in [0.05, 0.1) is 18.6 Å². The summed E-state index contributed by atoms with van der Waals surface area (Å²) < 4.78 is 7.57. The van der Waals surface area contributed by atoms with Crippen LogP contribution < -0.4 is 10.3 Å². The van der Waals surface area contributed by atoms with Crippen LogP contribution in [0.15, 0.2) is 59.7 Å². The Morgan fingerprint density at radius 3 is 2.80 bits per heavy atom. The number of nitrogens with one attached hydrogen (secondary N) is 1. The second kappa shape index (κ2) is 7.82. The fourth-order valence-electron chi connectivity index (χ4n) is 4.67. The van der Waals surface area contributed by atoms with E-state index in [2.05, 4.69) is 9.97 Å². The minimum Gasteiger partial charge on any atom is -0.493 e. The summed E-state index contributed by atoms with van der Waals surface area (Å²) in [5, 5.41) is 0. The molecule has 3 aromatic rings. The quantitative estimate of drug-likeness (QED) is 0.709. The number of piperidine rings is 1. The maximum atomic E-state index is 13.0. The van der Waals surface area contributed by atoms with Gasteiger partial charge in [0.1, 0.15) is 11.6 Å². The number of benzene rings is 1. The van der Waals surface area contributed by atoms with Gasteiger partial charge in [-0.1, -0.05) is 18.2 Å². The highest BCUT2D eigenvalue weighted by Gasteiger charge is 2.36. The van der Waals surface area contributed by atoms with E-state index in [4.69, 9.17) is 4.74 Å². The van der Waals surface area contributed by atoms with Gasteiger partial charge >= 0.3 is 0 Å². The lowest BCUT2D eigenvalue weighted by Crippen LogP contribution is -2.49. The molecule has 7 heteroatoms. The molecule has 2 aromatic heterocycles. The first-order valence-electron chi connectivity index (χ1n) is 10.4. The van der Waals surface area contributed by atoms with Gasteiger partial charge in [-0.3, -0.25) is 9.59 Å². The molecule has 0 radical (unpaired) electrons. The van der Waals surface area contributed by atoms with E-state index in [0.717, 1.165) is 17.9 Å². The Bertz CT molecular complexity index is 1090. The molecule has 1 fully saturated rings. The van der Waals surface area contributed by atoms with Crippen molar-refractivity contribution in [3.8, 4) is 17.1 Å². The molecule has 1 aromatic carbocycles. The topological polar surface area (TPSA) is 80.2 Å². The Morgan fingerprint density at radius 2 is 2.00 bits per heavy atom. The van der Waals surface area contributed by atoms with Crippen molar-refractivity contribution in [2.24, 2.45) is 5.92 Å². The van der Waals surface area contributed by atoms with Gasteiger partial charge < -0.3 is 19.2 Å². The van der Waals surface area contributed by atoms with E-state index in [1.165, 1.54) is 0 Å². The third-order valence-corrected chi connectivity index (χ3v) is 6.04. The minimum atomic E-state index is -0.00631. The van der Waals surface area contributed by atoms with Gasteiger partial charge in [0, 0.05) is 43.6 Å². The van der Waals surface area contributed by atoms with Gasteiger partial charge in [0.15, 0.2) is 0 Å². The number of amides is 1. The molecule has 7 nitrogen and oxygen atoms in total. The van der Waals surface area contributed by atoms with Crippen molar-refractivity contribution < 1.29 is 9.53 Å². The highest BCUT2D eigenvalue weighted by molar-refractivity contribution is 5.76. The van der Waals surface area contributed by atoms with Crippen molar-refractivity contribution in [2.75, 3.05) is 19.7 Å². The molecule has 5 rings (SSSR count). The zero-order valence-electron chi connectivity index (χ0n) is 16.7. The normalized spacial score (nSPS) is 19.9. The number of para-hydroxylation sites is 1. The van der Waals surface area contributed by atoms with Gasteiger partial charge in [0.25, 0.3) is 5.56 Å². The van der Waals surface area contributed by atoms with E-state index in [9.17, 15) is 9.59 Å². The molecular formula is C23H24N4O3. The zero-order valence-corrected chi connectivity index (χ0v) is 16.7. The number of nitrogens with zero attached hydrogens (tertiary/aromatic N) is 3. The monoisotopic (exact) mass is 404 g/mol. The summed E-state index contributed by atoms with van der Waals surface area (Å²) in [6.07, 6.45) is 4.75. The molecule has 0 aliphatic carbocycles. The first-order chi connectivity index (χ1) is 14.7. The number of hydrogen-bond acceptors (Lipinski definition) is 4. The Kier molecular flexibility index (Phi) is 4.86. The van der Waals surface area contributed by atoms with Gasteiger partial charge in [-0.2, -0.15) is 0 Å². The first-order valence-corrected chi connectivity index (χ1v) is 10.4. The summed E-state index contributed by atoms with van der Waals surface area (Å²) in [5.41, 5.74) is 1.60. The van der Waals surface area contributed by atoms with Crippen molar-refractivity contribution in [3.63, 3.8) is 0 Å². The zero-order chi connectivity index (χ0) is 20.5. The molecule has 2 aliphatic heterocycles. The molecule has 0 saturated carbocycles. The van der Waals surface area contributed by atoms with Crippen molar-refractivity contribution in [1.82, 2.24) is 19.4 Å². The summed E-state index contributed by atoms with van der Waals surface area (Å²) >= 11 is 0. The van der Waals surface area contributed by atoms with Crippen LogP contribution in [0.25, 0.3) is 11.4 Å². The first kappa shape index (κ1) is 18.7. The Labute approximate surface area is 174 Å². The third kappa shape index (κ3) is 3.51. The van der Waals surface area contributed by atoms with Crippen LogP contribution in [-0.2, 0) is 11.3 Å². The Morgan fingerprint density at radius 1 is 1.13 bits per heavy atom. The van der Waals surface area contributed by atoms with E-state index in [0.29, 0.717) is 50.0 Å². The summed E-state index contributed by atoms with van der Waals surface area (Å²) in [6, 6.07) is 13.4. The van der Waals surface area contributed by atoms with Crippen molar-refractivity contribution >= 4 is 5.91 Å². The van der Waals surface area contributed by atoms with Crippen LogP contribution >= 0.6 is 0 Å². The van der Waals surface area contributed by atoms with Crippen LogP contribution in [0.2, 0.25) is 0 Å². The number of aromatic nitrogens is 3. The Hall–Kier alpha value is -3.35. The molecule has 4 heterocycles. The second-order valence-electron chi connectivity index (χ2n) is 8.03. The van der Waals surface area contributed by atoms with Gasteiger partial charge in [-0.15, -0.1) is 0 Å². The molecule has 2 aliphatic rings. The average Bonchev–Trinajstić information content (AvgIpc) is 3.30. The number of H-pyrrole nitrogens is 1. The number of fused-ring (bicyclic) bond motifs is 4. The van der Waals surface area contributed by atoms with Gasteiger partial charge in [-0.25, -0.2) is 4.98 Å². The van der Waals surface area contributed by atoms with E-state index < -0.39 is 0 Å². The number of ether oxygens (including phenoxy) is 1. The summed E-state index contributed by atoms with van der Waals surface area (Å²) in [7, 11) is 0. The van der Waals surface area contributed by atoms with Gasteiger partial charge in [-0.05, 0) is 36.6 Å². The van der Waals surface area contributed by atoms with Crippen LogP contribution in [0.1, 0.15) is 24.5 Å². The predicted octanol–water partition coefficient (Wildman–Crippen LogP) is 2.65. The number of pyridine rings is 1. The van der Waals surface area contributed by atoms with Crippen molar-refractivity contribution in [3.05, 3.63) is 70.9 Å². The lowest BCUT2D eigenvalue weighted by molar-refractivity contribution is -0.134. The second-order valence-corrected chi connectivity index (χ2v) is 8.03. The van der Waals surface area contributed by atoms with E-state index in [-0.39, 0.29) is 17.4 Å². The van der Waals surface area contributed by atoms with Crippen molar-refractivity contribution in [2.45, 2.75) is 25.3 Å². The molecule has 1 N–H and O–H groups in total. The van der Waals surface area contributed by atoms with Crippen LogP contribution in [0.4, 0.5) is 0 Å². The average molecular weight is 404 g/mol. The molecule has 2 atom stereocenters. The van der Waals surface area contributed by atoms with Crippen LogP contribution in [0.5, 0.6) is 5.75 Å². The number of aromatic amines is 1. The molecule has 1 saturated heterocycles. The highest BCUT2D eigenvalue weighted by atomic mass is 16.5. The van der Waals surface area contributed by atoms with Crippen LogP contribution in [0.3, 0.4) is 0 Å². The number of rotatable bonds is 5. The molecule has 1 amide bonds. The van der Waals surface area contributed by atoms with Crippen LogP contribution in [-0.4, -0.2) is 45.0 Å². The predicted molar refractivity (Wildman–Crippen MR) is 112 cm³/mol. The highest BCUT2D eigenvalue weighted by Crippen LogP contribution is 2.35. The SMILES string of the molecule is O=C(CCOc1ccccc1)N1C[C@@H]2C[C@H](C1)c1ccc(-c3ncc[nH]3)c(=O)n1C2. The molecule has 30 heavy (non-hydrogen) atoms. The number of carbonyl (C=O) groups excluding carboxylic acids is 1. The van der Waals surface area contributed by atoms with E-state index >= 15 is 0 Å². The smallest absolute Gasteiger partial charge is 0.261 e. The standard InChI is InChI=1S/C23H24N4O3/c28-21(8-11-30-18-4-2-1-3-5-18)26-13-16-12-17(15-26)20-7-6-19(22-24-9-10-25-22)23(29)27(20)14-16/h1-7,9-10,16-17H,8,11-15H2,(H,24,25)/t16-,17+/m0/s1. The Balaban J connectivity index is 1.28. The summed E-state index contributed by atoms with van der Waals surface area (Å²) in [4.78, 5) is 35.0. The number of likely N-dealkylation sites (tertiary alicyclic amines) is 1. The molecule has 0 spiro atoms. The maximum absolute atomic E-state index is 13.0. The minimum absolute atomic E-state index is 0.00631. The van der Waals surface area contributed by atoms with Crippen molar-refractivity contribution in [1.29, 1.82) is 0 Å². The molecular weight excluding hydrogens is 380 g/mol. The molecule has 154 valence electrons. The molecule has 0 unspecified atom stereocenters. The largest absolute Gasteiger partial charge is 0.493 e. The lowest BCUT2D eigenvalue weighted by Gasteiger charge is -2.43. The third-order valence-electron chi connectivity index (χ3n) is 6.04. The maximum Gasteiger partial charge on any atom is 0.261 e. The van der Waals surface area contributed by atoms with E-state index in [1.807, 2.05) is 51.9 Å². The molecule has 2 bridgehead atoms. The fourth-order valence-corrected chi connectivity index (χ4v) is 4.67. The summed E-state index contributed by atoms with van der Waals surface area (Å²) in [5.74, 6) is 1.97. The number of hydrogen-bond donors (Lipinski definition) is 1. The summed E-state index contributed by atoms with van der Waals surface area (Å²) in [6.45, 7) is 2.36. The van der Waals surface area contributed by atoms with Crippen LogP contribution in [0, 0.1) is 5.92 Å². The van der Waals surface area contributed by atoms with Gasteiger partial charge in [0.2, 0.25) is 5.91 Å².